The highest BCUT2D eigenvalue weighted by Crippen LogP contribution is 2.07. The van der Waals surface area contributed by atoms with Gasteiger partial charge in [-0.2, -0.15) is 0 Å². The van der Waals surface area contributed by atoms with E-state index in [0.29, 0.717) is 13.0 Å². The molecule has 0 radical (unpaired) electrons. The molecule has 294 valence electrons. The van der Waals surface area contributed by atoms with Crippen molar-refractivity contribution in [3.63, 3.8) is 0 Å². The van der Waals surface area contributed by atoms with Crippen molar-refractivity contribution in [1.29, 1.82) is 0 Å². The van der Waals surface area contributed by atoms with E-state index in [-0.39, 0.29) is 38.1 Å². The van der Waals surface area contributed by atoms with Gasteiger partial charge >= 0.3 is 0 Å². The molecule has 0 aliphatic heterocycles. The Bertz CT molecular complexity index is 1250. The molecule has 0 bridgehead atoms. The van der Waals surface area contributed by atoms with Crippen LogP contribution >= 0.6 is 0 Å². The van der Waals surface area contributed by atoms with Gasteiger partial charge in [0, 0.05) is 32.4 Å². The van der Waals surface area contributed by atoms with Crippen molar-refractivity contribution in [1.82, 2.24) is 31.9 Å². The van der Waals surface area contributed by atoms with Gasteiger partial charge < -0.3 is 57.4 Å². The summed E-state index contributed by atoms with van der Waals surface area (Å²) in [4.78, 5) is 76.5. The lowest BCUT2D eigenvalue weighted by molar-refractivity contribution is -0.132. The molecule has 1 aromatic carbocycles. The van der Waals surface area contributed by atoms with Crippen LogP contribution in [0.3, 0.4) is 0 Å². The van der Waals surface area contributed by atoms with Crippen molar-refractivity contribution < 1.29 is 54.3 Å². The Morgan fingerprint density at radius 2 is 1.21 bits per heavy atom. The summed E-state index contributed by atoms with van der Waals surface area (Å²) in [5.41, 5.74) is 0.734. The third-order valence-corrected chi connectivity index (χ3v) is 7.89. The second kappa shape index (κ2) is 25.7. The molecule has 0 aromatic heterocycles. The van der Waals surface area contributed by atoms with Crippen LogP contribution in [0.4, 0.5) is 0 Å². The fourth-order valence-corrected chi connectivity index (χ4v) is 4.78. The minimum Gasteiger partial charge on any atom is -0.394 e. The molecule has 6 amide bonds. The molecule has 0 aliphatic carbocycles. The van der Waals surface area contributed by atoms with Gasteiger partial charge in [-0.25, -0.2) is 0 Å². The van der Waals surface area contributed by atoms with Gasteiger partial charge in [-0.3, -0.25) is 28.8 Å². The first-order valence-electron chi connectivity index (χ1n) is 17.7. The maximum absolute atomic E-state index is 13.2. The molecule has 0 spiro atoms. The second-order valence-electron chi connectivity index (χ2n) is 13.0. The van der Waals surface area contributed by atoms with Crippen molar-refractivity contribution in [3.05, 3.63) is 35.9 Å². The maximum Gasteiger partial charge on any atom is 0.243 e. The Balaban J connectivity index is 2.87. The molecule has 0 aliphatic rings. The molecule has 0 heterocycles. The number of hydrogen-bond acceptors (Lipinski definition) is 11. The number of amides is 6. The third kappa shape index (κ3) is 19.4. The van der Waals surface area contributed by atoms with Crippen LogP contribution in [0.25, 0.3) is 0 Å². The number of nitrogens with one attached hydrogen (secondary N) is 6. The van der Waals surface area contributed by atoms with Crippen LogP contribution < -0.4 is 31.9 Å². The number of aliphatic hydroxyl groups excluding tert-OH is 5. The zero-order chi connectivity index (χ0) is 39.1. The third-order valence-electron chi connectivity index (χ3n) is 7.89. The number of carbonyl (C=O) groups excluding carboxylic acids is 6. The Labute approximate surface area is 304 Å². The van der Waals surface area contributed by atoms with E-state index in [1.54, 1.807) is 30.3 Å². The fourth-order valence-electron chi connectivity index (χ4n) is 4.78. The first-order chi connectivity index (χ1) is 24.7. The Hall–Kier alpha value is -4.16. The van der Waals surface area contributed by atoms with E-state index in [1.807, 2.05) is 20.8 Å². The molecule has 11 N–H and O–H groups in total. The predicted octanol–water partition coefficient (Wildman–Crippen LogP) is -2.49. The quantitative estimate of drug-likeness (QED) is 0.0443. The number of unbranched alkanes of at least 4 members (excludes halogenated alkanes) is 3. The van der Waals surface area contributed by atoms with E-state index in [9.17, 15) is 49.2 Å². The standard InChI is InChI=1S/C35H58N6O11/c1-4-5-6-10-13-29(46)40-24(14-15-28(45)37-18-26(43)32(49)33(50)27(44)21-42)34(51)39-20-31(48)41-25(16-23-11-8-7-9-12-23)35(52)38-19-30(47)36-17-22(2)3/h7-9,11-12,22,24-27,32-33,42-44,49-50H,4-6,10,13-21H2,1-3H3,(H,36,47)(H,37,45)(H,38,52)(H,39,51)(H,40,46)(H,41,48)/t24-,25-,26-,27+,32+,33+/m0/s1. The van der Waals surface area contributed by atoms with Crippen molar-refractivity contribution >= 4 is 35.4 Å². The van der Waals surface area contributed by atoms with Gasteiger partial charge in [0.2, 0.25) is 35.4 Å². The summed E-state index contributed by atoms with van der Waals surface area (Å²) < 4.78 is 0. The Kier molecular flexibility index (Phi) is 22.7. The summed E-state index contributed by atoms with van der Waals surface area (Å²) in [5, 5.41) is 63.3. The van der Waals surface area contributed by atoms with E-state index >= 15 is 0 Å². The molecule has 0 saturated carbocycles. The van der Waals surface area contributed by atoms with Crippen LogP contribution in [0.5, 0.6) is 0 Å². The largest absolute Gasteiger partial charge is 0.394 e. The van der Waals surface area contributed by atoms with E-state index in [1.165, 1.54) is 0 Å². The van der Waals surface area contributed by atoms with E-state index in [4.69, 9.17) is 5.11 Å². The van der Waals surface area contributed by atoms with Crippen LogP contribution in [0, 0.1) is 5.92 Å². The summed E-state index contributed by atoms with van der Waals surface area (Å²) in [5.74, 6) is -3.40. The average molecular weight is 739 g/mol. The minimum atomic E-state index is -1.88. The van der Waals surface area contributed by atoms with Gasteiger partial charge in [0.05, 0.1) is 25.8 Å². The molecule has 1 rings (SSSR count). The molecule has 17 heteroatoms. The summed E-state index contributed by atoms with van der Waals surface area (Å²) in [6, 6.07) is 6.54. The highest BCUT2D eigenvalue weighted by molar-refractivity contribution is 5.93. The second-order valence-corrected chi connectivity index (χ2v) is 13.0. The maximum atomic E-state index is 13.2. The highest BCUT2D eigenvalue weighted by Gasteiger charge is 2.30. The van der Waals surface area contributed by atoms with Crippen LogP contribution in [0.1, 0.15) is 71.3 Å². The minimum absolute atomic E-state index is 0.0957. The van der Waals surface area contributed by atoms with Crippen molar-refractivity contribution in [2.75, 3.05) is 32.8 Å². The molecule has 52 heavy (non-hydrogen) atoms. The van der Waals surface area contributed by atoms with Crippen LogP contribution in [-0.4, -0.2) is 130 Å². The molecule has 0 saturated heterocycles. The van der Waals surface area contributed by atoms with E-state index in [0.717, 1.165) is 24.8 Å². The molecule has 0 fully saturated rings. The van der Waals surface area contributed by atoms with Crippen molar-refractivity contribution in [2.45, 2.75) is 109 Å². The van der Waals surface area contributed by atoms with E-state index < -0.39 is 91.6 Å². The van der Waals surface area contributed by atoms with Gasteiger partial charge in [0.15, 0.2) is 0 Å². The number of rotatable bonds is 26. The zero-order valence-corrected chi connectivity index (χ0v) is 30.3. The smallest absolute Gasteiger partial charge is 0.243 e. The lowest BCUT2D eigenvalue weighted by atomic mass is 10.0. The highest BCUT2D eigenvalue weighted by atomic mass is 16.4. The topological polar surface area (TPSA) is 276 Å². The molecular formula is C35H58N6O11. The Morgan fingerprint density at radius 1 is 0.635 bits per heavy atom. The first kappa shape index (κ1) is 45.9. The van der Waals surface area contributed by atoms with Gasteiger partial charge in [-0.05, 0) is 24.3 Å². The van der Waals surface area contributed by atoms with Crippen molar-refractivity contribution in [3.8, 4) is 0 Å². The average Bonchev–Trinajstić information content (AvgIpc) is 3.13. The summed E-state index contributed by atoms with van der Waals surface area (Å²) in [6.45, 7) is 4.03. The predicted molar refractivity (Wildman–Crippen MR) is 190 cm³/mol. The molecular weight excluding hydrogens is 680 g/mol. The van der Waals surface area contributed by atoms with Gasteiger partial charge in [-0.1, -0.05) is 70.4 Å². The van der Waals surface area contributed by atoms with Crippen LogP contribution in [-0.2, 0) is 35.2 Å². The van der Waals surface area contributed by atoms with Gasteiger partial charge in [0.1, 0.15) is 30.4 Å². The first-order valence-corrected chi connectivity index (χ1v) is 17.7. The number of benzene rings is 1. The van der Waals surface area contributed by atoms with E-state index in [2.05, 4.69) is 31.9 Å². The normalized spacial score (nSPS) is 14.6. The number of hydrogen-bond donors (Lipinski definition) is 11. The van der Waals surface area contributed by atoms with Crippen LogP contribution in [0.15, 0.2) is 30.3 Å². The summed E-state index contributed by atoms with van der Waals surface area (Å²) in [7, 11) is 0. The van der Waals surface area contributed by atoms with Gasteiger partial charge in [-0.15, -0.1) is 0 Å². The number of carbonyl (C=O) groups is 6. The number of aliphatic hydroxyl groups is 5. The van der Waals surface area contributed by atoms with Gasteiger partial charge in [0.25, 0.3) is 0 Å². The summed E-state index contributed by atoms with van der Waals surface area (Å²) >= 11 is 0. The van der Waals surface area contributed by atoms with Crippen molar-refractivity contribution in [2.24, 2.45) is 5.92 Å². The Morgan fingerprint density at radius 3 is 1.83 bits per heavy atom. The molecule has 6 atom stereocenters. The monoisotopic (exact) mass is 738 g/mol. The lowest BCUT2D eigenvalue weighted by Crippen LogP contribution is -2.53. The van der Waals surface area contributed by atoms with Crippen LogP contribution in [0.2, 0.25) is 0 Å². The summed E-state index contributed by atoms with van der Waals surface area (Å²) in [6.07, 6.45) is -4.20. The lowest BCUT2D eigenvalue weighted by Gasteiger charge is -2.25. The molecule has 1 aromatic rings. The zero-order valence-electron chi connectivity index (χ0n) is 30.3. The fraction of sp³-hybridized carbons (Fsp3) is 0.657. The molecule has 0 unspecified atom stereocenters. The SMILES string of the molecule is CCCCCCC(=O)N[C@@H](CCC(=O)NC[C@H](O)[C@@H](O)[C@H](O)[C@H](O)CO)C(=O)NCC(=O)N[C@@H](Cc1ccccc1)C(=O)NCC(=O)NCC(C)C. The molecule has 17 nitrogen and oxygen atoms in total.